The van der Waals surface area contributed by atoms with Crippen molar-refractivity contribution in [2.45, 2.75) is 18.9 Å². The highest BCUT2D eigenvalue weighted by atomic mass is 16.5. The van der Waals surface area contributed by atoms with E-state index in [1.54, 1.807) is 14.2 Å². The molecule has 1 unspecified atom stereocenters. The van der Waals surface area contributed by atoms with E-state index in [1.165, 1.54) is 18.5 Å². The van der Waals surface area contributed by atoms with Crippen LogP contribution in [0.1, 0.15) is 12.8 Å². The van der Waals surface area contributed by atoms with E-state index in [4.69, 9.17) is 4.74 Å². The Balaban J connectivity index is 1.54. The number of amides is 1. The number of hydrogen-bond acceptors (Lipinski definition) is 5. The number of anilines is 1. The molecule has 6 heteroatoms. The number of para-hydroxylation sites is 2. The van der Waals surface area contributed by atoms with Crippen LogP contribution in [0.3, 0.4) is 0 Å². The van der Waals surface area contributed by atoms with Gasteiger partial charge in [-0.15, -0.1) is 0 Å². The number of piperidine rings is 1. The molecule has 1 aromatic carbocycles. The van der Waals surface area contributed by atoms with Crippen molar-refractivity contribution >= 4 is 11.6 Å². The smallest absolute Gasteiger partial charge is 0.233 e. The summed E-state index contributed by atoms with van der Waals surface area (Å²) in [5.41, 5.74) is 1.19. The molecule has 2 aliphatic rings. The van der Waals surface area contributed by atoms with E-state index in [0.717, 1.165) is 45.0 Å². The zero-order valence-electron chi connectivity index (χ0n) is 15.4. The molecule has 2 saturated heterocycles. The zero-order valence-corrected chi connectivity index (χ0v) is 15.4. The van der Waals surface area contributed by atoms with E-state index in [9.17, 15) is 4.79 Å². The number of hydrogen-bond donors (Lipinski definition) is 1. The maximum atomic E-state index is 11.6. The number of likely N-dealkylation sites (tertiary alicyclic amines) is 1. The van der Waals surface area contributed by atoms with Gasteiger partial charge in [-0.1, -0.05) is 12.1 Å². The third kappa shape index (κ3) is 4.44. The lowest BCUT2D eigenvalue weighted by molar-refractivity contribution is -0.122. The van der Waals surface area contributed by atoms with Crippen LogP contribution in [0.15, 0.2) is 24.3 Å². The van der Waals surface area contributed by atoms with Crippen LogP contribution in [-0.4, -0.2) is 81.7 Å². The summed E-state index contributed by atoms with van der Waals surface area (Å²) in [5.74, 6) is 1.06. The van der Waals surface area contributed by atoms with Gasteiger partial charge in [-0.05, 0) is 31.5 Å². The van der Waals surface area contributed by atoms with Gasteiger partial charge < -0.3 is 15.0 Å². The van der Waals surface area contributed by atoms with Gasteiger partial charge in [-0.25, -0.2) is 0 Å². The summed E-state index contributed by atoms with van der Waals surface area (Å²) < 4.78 is 5.50. The molecule has 2 aliphatic heterocycles. The maximum Gasteiger partial charge on any atom is 0.233 e. The van der Waals surface area contributed by atoms with E-state index in [2.05, 4.69) is 32.1 Å². The van der Waals surface area contributed by atoms with Crippen LogP contribution in [-0.2, 0) is 4.79 Å². The van der Waals surface area contributed by atoms with Crippen molar-refractivity contribution in [3.8, 4) is 5.75 Å². The molecule has 0 spiro atoms. The van der Waals surface area contributed by atoms with Gasteiger partial charge in [0.15, 0.2) is 0 Å². The van der Waals surface area contributed by atoms with Crippen molar-refractivity contribution < 1.29 is 9.53 Å². The highest BCUT2D eigenvalue weighted by Gasteiger charge is 2.29. The van der Waals surface area contributed by atoms with Crippen molar-refractivity contribution in [3.63, 3.8) is 0 Å². The molecule has 25 heavy (non-hydrogen) atoms. The van der Waals surface area contributed by atoms with E-state index >= 15 is 0 Å². The average molecular weight is 346 g/mol. The van der Waals surface area contributed by atoms with Gasteiger partial charge in [0.05, 0.1) is 19.3 Å². The first-order chi connectivity index (χ1) is 12.2. The second kappa shape index (κ2) is 8.54. The van der Waals surface area contributed by atoms with Crippen LogP contribution in [0.25, 0.3) is 0 Å². The zero-order chi connectivity index (χ0) is 17.6. The first-order valence-corrected chi connectivity index (χ1v) is 9.26. The van der Waals surface area contributed by atoms with Gasteiger partial charge in [0.25, 0.3) is 0 Å². The largest absolute Gasteiger partial charge is 0.495 e. The Labute approximate surface area is 150 Å². The lowest BCUT2D eigenvalue weighted by Crippen LogP contribution is -2.55. The highest BCUT2D eigenvalue weighted by molar-refractivity contribution is 5.77. The van der Waals surface area contributed by atoms with Gasteiger partial charge in [0.2, 0.25) is 5.91 Å². The molecular formula is C19H30N4O2. The van der Waals surface area contributed by atoms with Crippen molar-refractivity contribution in [2.24, 2.45) is 0 Å². The summed E-state index contributed by atoms with van der Waals surface area (Å²) in [6.07, 6.45) is 2.41. The van der Waals surface area contributed by atoms with Gasteiger partial charge in [-0.2, -0.15) is 0 Å². The molecule has 1 aromatic rings. The average Bonchev–Trinajstić information content (AvgIpc) is 2.68. The molecular weight excluding hydrogens is 316 g/mol. The normalized spacial score (nSPS) is 22.6. The third-order valence-electron chi connectivity index (χ3n) is 5.38. The molecule has 0 radical (unpaired) electrons. The number of benzene rings is 1. The van der Waals surface area contributed by atoms with Crippen LogP contribution < -0.4 is 15.0 Å². The first kappa shape index (κ1) is 18.0. The molecule has 138 valence electrons. The minimum Gasteiger partial charge on any atom is -0.495 e. The fourth-order valence-corrected chi connectivity index (χ4v) is 3.97. The van der Waals surface area contributed by atoms with Crippen molar-refractivity contribution in [2.75, 3.05) is 64.9 Å². The summed E-state index contributed by atoms with van der Waals surface area (Å²) in [5, 5.41) is 2.73. The molecule has 1 N–H and O–H groups in total. The predicted octanol–water partition coefficient (Wildman–Crippen LogP) is 1.03. The summed E-state index contributed by atoms with van der Waals surface area (Å²) in [4.78, 5) is 18.9. The number of nitrogens with zero attached hydrogens (tertiary/aromatic N) is 3. The monoisotopic (exact) mass is 346 g/mol. The standard InChI is InChI=1S/C19H30N4O2/c1-20-19(24)15-21-9-5-6-16(14-21)22-10-12-23(13-11-22)17-7-3-4-8-18(17)25-2/h3-4,7-8,16H,5-6,9-15H2,1-2H3,(H,20,24). The van der Waals surface area contributed by atoms with Crippen molar-refractivity contribution in [1.82, 2.24) is 15.1 Å². The Bertz CT molecular complexity index is 572. The number of ether oxygens (including phenoxy) is 1. The van der Waals surface area contributed by atoms with Crippen LogP contribution in [0.4, 0.5) is 5.69 Å². The number of nitrogens with one attached hydrogen (secondary N) is 1. The van der Waals surface area contributed by atoms with E-state index in [1.807, 2.05) is 12.1 Å². The third-order valence-corrected chi connectivity index (χ3v) is 5.38. The maximum absolute atomic E-state index is 11.6. The number of likely N-dealkylation sites (N-methyl/N-ethyl adjacent to an activating group) is 1. The molecule has 3 rings (SSSR count). The lowest BCUT2D eigenvalue weighted by atomic mass is 10.0. The molecule has 0 bridgehead atoms. The number of carbonyl (C=O) groups is 1. The number of methoxy groups -OCH3 is 1. The Kier molecular flexibility index (Phi) is 6.15. The molecule has 0 aliphatic carbocycles. The fraction of sp³-hybridized carbons (Fsp3) is 0.632. The molecule has 0 saturated carbocycles. The Morgan fingerprint density at radius 3 is 2.68 bits per heavy atom. The first-order valence-electron chi connectivity index (χ1n) is 9.26. The minimum atomic E-state index is 0.113. The topological polar surface area (TPSA) is 48.1 Å². The number of piperazine rings is 1. The van der Waals surface area contributed by atoms with Crippen molar-refractivity contribution in [1.29, 1.82) is 0 Å². The van der Waals surface area contributed by atoms with E-state index < -0.39 is 0 Å². The van der Waals surface area contributed by atoms with Crippen LogP contribution in [0.2, 0.25) is 0 Å². The van der Waals surface area contributed by atoms with Crippen LogP contribution >= 0.6 is 0 Å². The molecule has 6 nitrogen and oxygen atoms in total. The van der Waals surface area contributed by atoms with Gasteiger partial charge >= 0.3 is 0 Å². The minimum absolute atomic E-state index is 0.113. The number of carbonyl (C=O) groups excluding carboxylic acids is 1. The van der Waals surface area contributed by atoms with Crippen LogP contribution in [0, 0.1) is 0 Å². The summed E-state index contributed by atoms with van der Waals surface area (Å²) in [6, 6.07) is 8.82. The van der Waals surface area contributed by atoms with Gasteiger partial charge in [0.1, 0.15) is 5.75 Å². The van der Waals surface area contributed by atoms with Gasteiger partial charge in [0, 0.05) is 45.8 Å². The van der Waals surface area contributed by atoms with Crippen molar-refractivity contribution in [3.05, 3.63) is 24.3 Å². The quantitative estimate of drug-likeness (QED) is 0.863. The Morgan fingerprint density at radius 2 is 1.96 bits per heavy atom. The molecule has 1 amide bonds. The van der Waals surface area contributed by atoms with Crippen LogP contribution in [0.5, 0.6) is 5.75 Å². The van der Waals surface area contributed by atoms with E-state index in [0.29, 0.717) is 12.6 Å². The summed E-state index contributed by atoms with van der Waals surface area (Å²) in [7, 11) is 3.44. The molecule has 2 fully saturated rings. The number of rotatable bonds is 5. The second-order valence-electron chi connectivity index (χ2n) is 6.90. The lowest BCUT2D eigenvalue weighted by Gasteiger charge is -2.44. The predicted molar refractivity (Wildman–Crippen MR) is 100 cm³/mol. The van der Waals surface area contributed by atoms with E-state index in [-0.39, 0.29) is 5.91 Å². The Morgan fingerprint density at radius 1 is 1.20 bits per heavy atom. The highest BCUT2D eigenvalue weighted by Crippen LogP contribution is 2.29. The molecule has 1 atom stereocenters. The fourth-order valence-electron chi connectivity index (χ4n) is 3.97. The SMILES string of the molecule is CNC(=O)CN1CCCC(N2CCN(c3ccccc3OC)CC2)C1. The second-order valence-corrected chi connectivity index (χ2v) is 6.90. The summed E-state index contributed by atoms with van der Waals surface area (Å²) >= 11 is 0. The summed E-state index contributed by atoms with van der Waals surface area (Å²) in [6.45, 7) is 6.73. The molecule has 0 aromatic heterocycles. The molecule has 2 heterocycles. The Hall–Kier alpha value is -1.79. The van der Waals surface area contributed by atoms with Gasteiger partial charge in [-0.3, -0.25) is 14.6 Å².